The van der Waals surface area contributed by atoms with Gasteiger partial charge in [0.2, 0.25) is 10.0 Å². The van der Waals surface area contributed by atoms with Gasteiger partial charge in [0, 0.05) is 5.56 Å². The first kappa shape index (κ1) is 25.3. The van der Waals surface area contributed by atoms with Crippen LogP contribution >= 0.6 is 0 Å². The van der Waals surface area contributed by atoms with Crippen LogP contribution in [0.3, 0.4) is 0 Å². The molecule has 0 aliphatic rings. The quantitative estimate of drug-likeness (QED) is 0.451. The van der Waals surface area contributed by atoms with E-state index < -0.39 is 10.0 Å². The van der Waals surface area contributed by atoms with Crippen LogP contribution in [0, 0.1) is 27.7 Å². The van der Waals surface area contributed by atoms with Crippen LogP contribution in [0.2, 0.25) is 0 Å². The molecule has 0 saturated carbocycles. The lowest BCUT2D eigenvalue weighted by Crippen LogP contribution is -2.30. The van der Waals surface area contributed by atoms with Crippen molar-refractivity contribution in [1.29, 1.82) is 0 Å². The van der Waals surface area contributed by atoms with Gasteiger partial charge >= 0.3 is 0 Å². The van der Waals surface area contributed by atoms with Gasteiger partial charge in [0.15, 0.2) is 0 Å². The van der Waals surface area contributed by atoms with Crippen LogP contribution in [-0.2, 0) is 16.6 Å². The summed E-state index contributed by atoms with van der Waals surface area (Å²) in [6, 6.07) is 18.7. The van der Waals surface area contributed by atoms with Crippen LogP contribution in [-0.4, -0.2) is 33.7 Å². The molecule has 0 atom stereocenters. The van der Waals surface area contributed by atoms with Crippen LogP contribution in [0.5, 0.6) is 5.75 Å². The normalized spacial score (nSPS) is 11.2. The Morgan fingerprint density at radius 2 is 1.53 bits per heavy atom. The van der Waals surface area contributed by atoms with Crippen LogP contribution in [0.15, 0.2) is 60.7 Å². The van der Waals surface area contributed by atoms with Crippen LogP contribution in [0.4, 0.5) is 5.69 Å². The summed E-state index contributed by atoms with van der Waals surface area (Å²) in [7, 11) is -3.49. The van der Waals surface area contributed by atoms with E-state index in [-0.39, 0.29) is 12.5 Å². The maximum absolute atomic E-state index is 12.5. The molecule has 0 bridgehead atoms. The van der Waals surface area contributed by atoms with Crippen LogP contribution in [0.1, 0.15) is 38.2 Å². The zero-order chi connectivity index (χ0) is 24.9. The molecule has 6 nitrogen and oxygen atoms in total. The molecule has 1 amide bonds. The van der Waals surface area contributed by atoms with E-state index in [1.165, 1.54) is 16.1 Å². The van der Waals surface area contributed by atoms with Gasteiger partial charge in [-0.2, -0.15) is 0 Å². The molecule has 3 aromatic carbocycles. The number of ether oxygens (including phenoxy) is 1. The Kier molecular flexibility index (Phi) is 7.99. The minimum absolute atomic E-state index is 0.189. The molecule has 34 heavy (non-hydrogen) atoms. The first-order chi connectivity index (χ1) is 16.0. The number of carbonyl (C=O) groups excluding carboxylic acids is 1. The van der Waals surface area contributed by atoms with E-state index in [4.69, 9.17) is 4.74 Å². The second-order valence-electron chi connectivity index (χ2n) is 8.63. The molecule has 0 radical (unpaired) electrons. The van der Waals surface area contributed by atoms with Crippen molar-refractivity contribution in [3.05, 3.63) is 94.0 Å². The smallest absolute Gasteiger partial charge is 0.251 e. The summed E-state index contributed by atoms with van der Waals surface area (Å²) in [6.07, 6.45) is 1.21. The summed E-state index contributed by atoms with van der Waals surface area (Å²) in [5, 5.41) is 2.85. The lowest BCUT2D eigenvalue weighted by molar-refractivity contribution is 0.0947. The molecule has 3 rings (SSSR count). The molecular formula is C27H32N2O4S. The van der Waals surface area contributed by atoms with Gasteiger partial charge in [-0.1, -0.05) is 42.0 Å². The third kappa shape index (κ3) is 6.60. The number of hydrogen-bond acceptors (Lipinski definition) is 4. The third-order valence-electron chi connectivity index (χ3n) is 5.55. The third-order valence-corrected chi connectivity index (χ3v) is 6.68. The van der Waals surface area contributed by atoms with E-state index in [9.17, 15) is 13.2 Å². The number of aryl methyl sites for hydroxylation is 4. The summed E-state index contributed by atoms with van der Waals surface area (Å²) in [5.74, 6) is 0.605. The standard InChI is InChI=1S/C27H32N2O4S/c1-19-7-13-26(22(4)16-19)33-15-14-28-27(30)24-11-9-23(10-12-24)18-29(34(5,31)32)25-17-20(2)6-8-21(25)3/h6-13,16-17H,14-15,18H2,1-5H3,(H,28,30). The van der Waals surface area contributed by atoms with Crippen LogP contribution in [0.25, 0.3) is 0 Å². The largest absolute Gasteiger partial charge is 0.491 e. The second-order valence-corrected chi connectivity index (χ2v) is 10.5. The van der Waals surface area contributed by atoms with Crippen molar-refractivity contribution in [1.82, 2.24) is 5.32 Å². The lowest BCUT2D eigenvalue weighted by Gasteiger charge is -2.25. The maximum atomic E-state index is 12.5. The molecule has 0 saturated heterocycles. The minimum Gasteiger partial charge on any atom is -0.491 e. The molecule has 0 fully saturated rings. The van der Waals surface area contributed by atoms with Crippen molar-refractivity contribution < 1.29 is 17.9 Å². The van der Waals surface area contributed by atoms with Gasteiger partial charge in [-0.15, -0.1) is 0 Å². The van der Waals surface area contributed by atoms with Crippen molar-refractivity contribution in [2.45, 2.75) is 34.2 Å². The number of rotatable bonds is 9. The fraction of sp³-hybridized carbons (Fsp3) is 0.296. The zero-order valence-electron chi connectivity index (χ0n) is 20.4. The molecule has 0 aromatic heterocycles. The van der Waals surface area contributed by atoms with Gasteiger partial charge in [0.1, 0.15) is 12.4 Å². The minimum atomic E-state index is -3.49. The first-order valence-electron chi connectivity index (χ1n) is 11.2. The molecule has 7 heteroatoms. The topological polar surface area (TPSA) is 75.7 Å². The average Bonchev–Trinajstić information content (AvgIpc) is 2.77. The Labute approximate surface area is 202 Å². The summed E-state index contributed by atoms with van der Waals surface area (Å²) >= 11 is 0. The molecular weight excluding hydrogens is 448 g/mol. The number of nitrogens with zero attached hydrogens (tertiary/aromatic N) is 1. The Morgan fingerprint density at radius 3 is 2.18 bits per heavy atom. The summed E-state index contributed by atoms with van der Waals surface area (Å²) in [4.78, 5) is 12.5. The van der Waals surface area contributed by atoms with E-state index in [1.54, 1.807) is 24.3 Å². The molecule has 3 aromatic rings. The number of hydrogen-bond donors (Lipinski definition) is 1. The number of carbonyl (C=O) groups is 1. The molecule has 0 aliphatic heterocycles. The van der Waals surface area contributed by atoms with Gasteiger partial charge in [-0.25, -0.2) is 8.42 Å². The summed E-state index contributed by atoms with van der Waals surface area (Å²) in [5.41, 5.74) is 6.07. The van der Waals surface area contributed by atoms with E-state index in [1.807, 2.05) is 58.0 Å². The molecule has 0 aliphatic carbocycles. The predicted molar refractivity (Wildman–Crippen MR) is 137 cm³/mol. The zero-order valence-corrected chi connectivity index (χ0v) is 21.2. The highest BCUT2D eigenvalue weighted by atomic mass is 32.2. The Morgan fingerprint density at radius 1 is 0.882 bits per heavy atom. The summed E-state index contributed by atoms with van der Waals surface area (Å²) < 4.78 is 32.2. The van der Waals surface area contributed by atoms with Crippen molar-refractivity contribution >= 4 is 21.6 Å². The number of nitrogens with one attached hydrogen (secondary N) is 1. The van der Waals surface area contributed by atoms with Gasteiger partial charge in [-0.05, 0) is 74.2 Å². The fourth-order valence-corrected chi connectivity index (χ4v) is 4.62. The monoisotopic (exact) mass is 480 g/mol. The molecule has 0 heterocycles. The SMILES string of the molecule is Cc1ccc(OCCNC(=O)c2ccc(CN(c3cc(C)ccc3C)S(C)(=O)=O)cc2)c(C)c1. The first-order valence-corrected chi connectivity index (χ1v) is 13.0. The van der Waals surface area contributed by atoms with Crippen molar-refractivity contribution in [2.24, 2.45) is 0 Å². The van der Waals surface area contributed by atoms with E-state index in [0.717, 1.165) is 28.0 Å². The molecule has 0 spiro atoms. The van der Waals surface area contributed by atoms with Crippen molar-refractivity contribution in [2.75, 3.05) is 23.7 Å². The second kappa shape index (κ2) is 10.7. The Balaban J connectivity index is 1.60. The van der Waals surface area contributed by atoms with E-state index in [0.29, 0.717) is 24.4 Å². The fourth-order valence-electron chi connectivity index (χ4n) is 3.69. The Bertz CT molecular complexity index is 1270. The number of anilines is 1. The van der Waals surface area contributed by atoms with Crippen molar-refractivity contribution in [3.63, 3.8) is 0 Å². The molecule has 1 N–H and O–H groups in total. The van der Waals surface area contributed by atoms with E-state index >= 15 is 0 Å². The average molecular weight is 481 g/mol. The Hall–Kier alpha value is -3.32. The maximum Gasteiger partial charge on any atom is 0.251 e. The van der Waals surface area contributed by atoms with Gasteiger partial charge in [-0.3, -0.25) is 9.10 Å². The highest BCUT2D eigenvalue weighted by Crippen LogP contribution is 2.26. The van der Waals surface area contributed by atoms with Gasteiger partial charge < -0.3 is 10.1 Å². The highest BCUT2D eigenvalue weighted by molar-refractivity contribution is 7.92. The number of amides is 1. The molecule has 0 unspecified atom stereocenters. The van der Waals surface area contributed by atoms with E-state index in [2.05, 4.69) is 11.4 Å². The van der Waals surface area contributed by atoms with Crippen molar-refractivity contribution in [3.8, 4) is 5.75 Å². The highest BCUT2D eigenvalue weighted by Gasteiger charge is 2.20. The van der Waals surface area contributed by atoms with Gasteiger partial charge in [0.05, 0.1) is 25.0 Å². The van der Waals surface area contributed by atoms with Gasteiger partial charge in [0.25, 0.3) is 5.91 Å². The summed E-state index contributed by atoms with van der Waals surface area (Å²) in [6.45, 7) is 8.79. The lowest BCUT2D eigenvalue weighted by atomic mass is 10.1. The number of sulfonamides is 1. The predicted octanol–water partition coefficient (Wildman–Crippen LogP) is 4.70. The molecule has 180 valence electrons. The number of benzene rings is 3. The van der Waals surface area contributed by atoms with Crippen LogP contribution < -0.4 is 14.4 Å².